The highest BCUT2D eigenvalue weighted by molar-refractivity contribution is 8.13. The van der Waals surface area contributed by atoms with Crippen molar-refractivity contribution in [2.75, 3.05) is 12.9 Å². The van der Waals surface area contributed by atoms with Gasteiger partial charge in [-0.1, -0.05) is 6.07 Å². The van der Waals surface area contributed by atoms with Crippen LogP contribution in [0.4, 0.5) is 4.39 Å². The topological polar surface area (TPSA) is 43.4 Å². The van der Waals surface area contributed by atoms with Gasteiger partial charge in [-0.05, 0) is 30.5 Å². The highest BCUT2D eigenvalue weighted by Crippen LogP contribution is 2.23. The second kappa shape index (κ2) is 5.01. The highest BCUT2D eigenvalue weighted by atomic mass is 35.7. The fourth-order valence-electron chi connectivity index (χ4n) is 1.37. The van der Waals surface area contributed by atoms with Crippen LogP contribution in [-0.2, 0) is 15.5 Å². The molecule has 1 aromatic carbocycles. The van der Waals surface area contributed by atoms with E-state index in [0.29, 0.717) is 5.56 Å². The van der Waals surface area contributed by atoms with Crippen LogP contribution in [0, 0.1) is 12.7 Å². The van der Waals surface area contributed by atoms with Crippen molar-refractivity contribution in [2.45, 2.75) is 13.3 Å². The third kappa shape index (κ3) is 3.64. The summed E-state index contributed by atoms with van der Waals surface area (Å²) in [6, 6.07) is 3.13. The maximum Gasteiger partial charge on any atom is 0.232 e. The van der Waals surface area contributed by atoms with Gasteiger partial charge in [-0.15, -0.1) is 0 Å². The Bertz CT molecular complexity index is 485. The van der Waals surface area contributed by atoms with E-state index in [9.17, 15) is 12.8 Å². The summed E-state index contributed by atoms with van der Waals surface area (Å²) in [7, 11) is 2.82. The molecule has 1 rings (SSSR count). The van der Waals surface area contributed by atoms with Crippen molar-refractivity contribution in [3.05, 3.63) is 29.1 Å². The van der Waals surface area contributed by atoms with Gasteiger partial charge >= 0.3 is 0 Å². The van der Waals surface area contributed by atoms with E-state index < -0.39 is 14.9 Å². The lowest BCUT2D eigenvalue weighted by molar-refractivity contribution is 0.384. The van der Waals surface area contributed by atoms with Crippen LogP contribution in [0.1, 0.15) is 11.1 Å². The zero-order valence-electron chi connectivity index (χ0n) is 8.96. The molecule has 0 aliphatic heterocycles. The molecule has 90 valence electrons. The number of hydrogen-bond acceptors (Lipinski definition) is 3. The number of rotatable bonds is 4. The quantitative estimate of drug-likeness (QED) is 0.785. The Morgan fingerprint density at radius 1 is 1.44 bits per heavy atom. The largest absolute Gasteiger partial charge is 0.494 e. The molecule has 0 N–H and O–H groups in total. The molecule has 0 fully saturated rings. The summed E-state index contributed by atoms with van der Waals surface area (Å²) in [5.41, 5.74) is 1.10. The smallest absolute Gasteiger partial charge is 0.232 e. The van der Waals surface area contributed by atoms with Crippen LogP contribution in [0.3, 0.4) is 0 Å². The molecule has 0 saturated carbocycles. The van der Waals surface area contributed by atoms with Gasteiger partial charge in [-0.3, -0.25) is 0 Å². The number of ether oxygens (including phenoxy) is 1. The summed E-state index contributed by atoms with van der Waals surface area (Å²) < 4.78 is 40.0. The maximum absolute atomic E-state index is 13.7. The van der Waals surface area contributed by atoms with Gasteiger partial charge in [0.1, 0.15) is 0 Å². The van der Waals surface area contributed by atoms with E-state index in [4.69, 9.17) is 15.4 Å². The number of aryl methyl sites for hydroxylation is 2. The molecule has 0 aromatic heterocycles. The molecule has 0 radical (unpaired) electrons. The molecule has 1 aromatic rings. The number of halogens is 2. The first kappa shape index (κ1) is 13.3. The van der Waals surface area contributed by atoms with Crippen molar-refractivity contribution < 1.29 is 17.5 Å². The highest BCUT2D eigenvalue weighted by Gasteiger charge is 2.13. The van der Waals surface area contributed by atoms with E-state index in [1.54, 1.807) is 19.1 Å². The maximum atomic E-state index is 13.7. The van der Waals surface area contributed by atoms with E-state index in [1.165, 1.54) is 7.11 Å². The minimum absolute atomic E-state index is 0.0374. The summed E-state index contributed by atoms with van der Waals surface area (Å²) >= 11 is 0. The third-order valence-electron chi connectivity index (χ3n) is 2.09. The third-order valence-corrected chi connectivity index (χ3v) is 3.25. The standard InChI is InChI=1S/C10H12ClFO3S/c1-7-5-8(3-4-16(11,13)14)10(12)9(6-7)15-2/h5-6H,3-4H2,1-2H3. The summed E-state index contributed by atoms with van der Waals surface area (Å²) in [6.45, 7) is 1.78. The zero-order chi connectivity index (χ0) is 12.3. The normalized spacial score (nSPS) is 11.5. The minimum Gasteiger partial charge on any atom is -0.494 e. The molecule has 0 unspecified atom stereocenters. The lowest BCUT2D eigenvalue weighted by atomic mass is 10.1. The molecule has 3 nitrogen and oxygen atoms in total. The van der Waals surface area contributed by atoms with Gasteiger partial charge in [0.05, 0.1) is 12.9 Å². The van der Waals surface area contributed by atoms with Gasteiger partial charge < -0.3 is 4.74 Å². The van der Waals surface area contributed by atoms with Gasteiger partial charge in [0.25, 0.3) is 0 Å². The van der Waals surface area contributed by atoms with Crippen molar-refractivity contribution in [3.8, 4) is 5.75 Å². The van der Waals surface area contributed by atoms with Crippen LogP contribution in [0.5, 0.6) is 5.75 Å². The molecule has 0 aliphatic rings. The van der Waals surface area contributed by atoms with Crippen LogP contribution in [0.25, 0.3) is 0 Å². The van der Waals surface area contributed by atoms with Crippen molar-refractivity contribution in [1.29, 1.82) is 0 Å². The van der Waals surface area contributed by atoms with Crippen LogP contribution < -0.4 is 4.74 Å². The molecule has 0 aliphatic carbocycles. The Balaban J connectivity index is 3.00. The Morgan fingerprint density at radius 2 is 2.06 bits per heavy atom. The van der Waals surface area contributed by atoms with Gasteiger partial charge in [-0.25, -0.2) is 12.8 Å². The molecule has 0 atom stereocenters. The Labute approximate surface area is 98.6 Å². The van der Waals surface area contributed by atoms with Crippen LogP contribution in [-0.4, -0.2) is 21.3 Å². The predicted molar refractivity (Wildman–Crippen MR) is 61.0 cm³/mol. The van der Waals surface area contributed by atoms with Crippen molar-refractivity contribution in [1.82, 2.24) is 0 Å². The lowest BCUT2D eigenvalue weighted by Gasteiger charge is -2.08. The van der Waals surface area contributed by atoms with E-state index >= 15 is 0 Å². The first-order valence-electron chi connectivity index (χ1n) is 4.59. The number of benzene rings is 1. The lowest BCUT2D eigenvalue weighted by Crippen LogP contribution is -2.04. The number of methoxy groups -OCH3 is 1. The Kier molecular flexibility index (Phi) is 4.15. The van der Waals surface area contributed by atoms with Crippen molar-refractivity contribution in [3.63, 3.8) is 0 Å². The predicted octanol–water partition coefficient (Wildman–Crippen LogP) is 2.25. The zero-order valence-corrected chi connectivity index (χ0v) is 10.5. The molecule has 6 heteroatoms. The van der Waals surface area contributed by atoms with Gasteiger partial charge in [0.2, 0.25) is 9.05 Å². The van der Waals surface area contributed by atoms with E-state index in [2.05, 4.69) is 0 Å². The average Bonchev–Trinajstić information content (AvgIpc) is 2.17. The molecule has 16 heavy (non-hydrogen) atoms. The Morgan fingerprint density at radius 3 is 2.56 bits per heavy atom. The van der Waals surface area contributed by atoms with Crippen LogP contribution >= 0.6 is 10.7 Å². The van der Waals surface area contributed by atoms with Crippen LogP contribution in [0.2, 0.25) is 0 Å². The second-order valence-electron chi connectivity index (χ2n) is 3.43. The van der Waals surface area contributed by atoms with Crippen molar-refractivity contribution in [2.24, 2.45) is 0 Å². The summed E-state index contributed by atoms with van der Waals surface area (Å²) in [4.78, 5) is 0. The molecule has 0 heterocycles. The van der Waals surface area contributed by atoms with Gasteiger partial charge in [0.15, 0.2) is 11.6 Å². The minimum atomic E-state index is -3.61. The van der Waals surface area contributed by atoms with Crippen molar-refractivity contribution >= 4 is 19.7 Å². The molecular formula is C10H12ClFO3S. The van der Waals surface area contributed by atoms with Crippen LogP contribution in [0.15, 0.2) is 12.1 Å². The van der Waals surface area contributed by atoms with Gasteiger partial charge in [0, 0.05) is 10.7 Å². The number of hydrogen-bond donors (Lipinski definition) is 0. The molecular weight excluding hydrogens is 255 g/mol. The SMILES string of the molecule is COc1cc(C)cc(CCS(=O)(=O)Cl)c1F. The fourth-order valence-corrected chi connectivity index (χ4v) is 2.07. The first-order chi connectivity index (χ1) is 7.33. The van der Waals surface area contributed by atoms with Gasteiger partial charge in [-0.2, -0.15) is 0 Å². The van der Waals surface area contributed by atoms with E-state index in [-0.39, 0.29) is 17.9 Å². The molecule has 0 amide bonds. The van der Waals surface area contributed by atoms with E-state index in [0.717, 1.165) is 5.56 Å². The summed E-state index contributed by atoms with van der Waals surface area (Å²) in [5, 5.41) is 0. The molecule has 0 saturated heterocycles. The summed E-state index contributed by atoms with van der Waals surface area (Å²) in [6.07, 6.45) is 0.0374. The Hall–Kier alpha value is -0.810. The molecule has 0 spiro atoms. The molecule has 0 bridgehead atoms. The average molecular weight is 267 g/mol. The van der Waals surface area contributed by atoms with E-state index in [1.807, 2.05) is 0 Å². The summed E-state index contributed by atoms with van der Waals surface area (Å²) in [5.74, 6) is -0.715. The fraction of sp³-hybridized carbons (Fsp3) is 0.400. The first-order valence-corrected chi connectivity index (χ1v) is 7.06. The monoisotopic (exact) mass is 266 g/mol. The second-order valence-corrected chi connectivity index (χ2v) is 6.33.